The fraction of sp³-hybridized carbons (Fsp3) is 0.636. The summed E-state index contributed by atoms with van der Waals surface area (Å²) >= 11 is 0. The number of aromatic nitrogens is 2. The molecule has 0 aliphatic rings. The third-order valence-electron chi connectivity index (χ3n) is 3.03. The van der Waals surface area contributed by atoms with Gasteiger partial charge in [0.25, 0.3) is 0 Å². The summed E-state index contributed by atoms with van der Waals surface area (Å²) in [6.45, 7) is 5.65. The monoisotopic (exact) mass is 253 g/mol. The van der Waals surface area contributed by atoms with Gasteiger partial charge in [-0.05, 0) is 20.3 Å². The Hall–Kier alpha value is -1.92. The predicted octanol–water partition coefficient (Wildman–Crippen LogP) is 1.97. The molecule has 0 radical (unpaired) electrons. The molecule has 0 aromatic carbocycles. The number of nitrogens with zero attached hydrogens (tertiary/aromatic N) is 4. The number of nitrogens with one attached hydrogen (secondary N) is 1. The lowest BCUT2D eigenvalue weighted by Gasteiger charge is -2.25. The van der Waals surface area contributed by atoms with Crippen LogP contribution in [0.5, 0.6) is 0 Å². The second-order valence-corrected chi connectivity index (χ2v) is 4.18. The molecule has 7 heteroatoms. The van der Waals surface area contributed by atoms with E-state index >= 15 is 0 Å². The molecule has 0 amide bonds. The standard InChI is InChI=1S/C11H19N5O2/c1-6-7(2)15(5)10-9(16(17)18)8(3)13-11(12-4)14-10/h7H,6H2,1-5H3,(H,12,13,14). The van der Waals surface area contributed by atoms with Gasteiger partial charge in [0.2, 0.25) is 11.8 Å². The lowest BCUT2D eigenvalue weighted by atomic mass is 10.2. The molecule has 1 aromatic heterocycles. The molecule has 0 spiro atoms. The van der Waals surface area contributed by atoms with Crippen LogP contribution in [0.15, 0.2) is 0 Å². The molecule has 18 heavy (non-hydrogen) atoms. The summed E-state index contributed by atoms with van der Waals surface area (Å²) in [5.74, 6) is 0.745. The molecule has 1 heterocycles. The van der Waals surface area contributed by atoms with Gasteiger partial charge in [-0.25, -0.2) is 4.98 Å². The van der Waals surface area contributed by atoms with Crippen molar-refractivity contribution in [2.24, 2.45) is 0 Å². The molecule has 0 saturated heterocycles. The molecule has 0 aliphatic carbocycles. The summed E-state index contributed by atoms with van der Waals surface area (Å²) in [7, 11) is 3.50. The van der Waals surface area contributed by atoms with Crippen LogP contribution in [0.2, 0.25) is 0 Å². The molecule has 100 valence electrons. The first-order chi connectivity index (χ1) is 8.42. The highest BCUT2D eigenvalue weighted by atomic mass is 16.6. The van der Waals surface area contributed by atoms with Crippen LogP contribution in [-0.4, -0.2) is 35.0 Å². The van der Waals surface area contributed by atoms with Crippen molar-refractivity contribution in [2.45, 2.75) is 33.2 Å². The summed E-state index contributed by atoms with van der Waals surface area (Å²) in [4.78, 5) is 20.8. The molecule has 0 saturated carbocycles. The lowest BCUT2D eigenvalue weighted by molar-refractivity contribution is -0.385. The minimum Gasteiger partial charge on any atom is -0.357 e. The van der Waals surface area contributed by atoms with E-state index in [9.17, 15) is 10.1 Å². The number of nitro groups is 1. The molecular weight excluding hydrogens is 234 g/mol. The maximum absolute atomic E-state index is 11.1. The zero-order valence-electron chi connectivity index (χ0n) is 11.4. The zero-order chi connectivity index (χ0) is 13.9. The highest BCUT2D eigenvalue weighted by Crippen LogP contribution is 2.30. The third kappa shape index (κ3) is 2.66. The van der Waals surface area contributed by atoms with E-state index in [1.54, 1.807) is 14.0 Å². The summed E-state index contributed by atoms with van der Waals surface area (Å²) in [5.41, 5.74) is 0.335. The number of anilines is 2. The Kier molecular flexibility index (Phi) is 4.41. The van der Waals surface area contributed by atoms with Gasteiger partial charge in [-0.1, -0.05) is 6.92 Å². The first-order valence-corrected chi connectivity index (χ1v) is 5.85. The van der Waals surface area contributed by atoms with E-state index in [-0.39, 0.29) is 11.7 Å². The number of hydrogen-bond donors (Lipinski definition) is 1. The Balaban J connectivity index is 3.38. The second-order valence-electron chi connectivity index (χ2n) is 4.18. The van der Waals surface area contributed by atoms with Crippen molar-refractivity contribution in [3.05, 3.63) is 15.8 Å². The van der Waals surface area contributed by atoms with Crippen LogP contribution in [0.4, 0.5) is 17.5 Å². The average Bonchev–Trinajstić information content (AvgIpc) is 2.35. The minimum atomic E-state index is -0.428. The molecular formula is C11H19N5O2. The smallest absolute Gasteiger partial charge is 0.332 e. The molecule has 1 rings (SSSR count). The normalized spacial score (nSPS) is 12.1. The van der Waals surface area contributed by atoms with Crippen LogP contribution in [0.1, 0.15) is 26.0 Å². The van der Waals surface area contributed by atoms with Crippen molar-refractivity contribution in [3.63, 3.8) is 0 Å². The fourth-order valence-electron chi connectivity index (χ4n) is 1.61. The van der Waals surface area contributed by atoms with E-state index in [0.29, 0.717) is 17.5 Å². The van der Waals surface area contributed by atoms with Gasteiger partial charge < -0.3 is 10.2 Å². The summed E-state index contributed by atoms with van der Waals surface area (Å²) < 4.78 is 0. The van der Waals surface area contributed by atoms with Crippen LogP contribution in [0.25, 0.3) is 0 Å². The van der Waals surface area contributed by atoms with Crippen molar-refractivity contribution in [3.8, 4) is 0 Å². The maximum atomic E-state index is 11.1. The Bertz CT molecular complexity index is 449. The zero-order valence-corrected chi connectivity index (χ0v) is 11.4. The van der Waals surface area contributed by atoms with Gasteiger partial charge in [-0.2, -0.15) is 4.98 Å². The molecule has 1 aromatic rings. The summed E-state index contributed by atoms with van der Waals surface area (Å²) in [6.07, 6.45) is 0.881. The van der Waals surface area contributed by atoms with E-state index < -0.39 is 4.92 Å². The largest absolute Gasteiger partial charge is 0.357 e. The van der Waals surface area contributed by atoms with E-state index in [1.165, 1.54) is 0 Å². The van der Waals surface area contributed by atoms with Gasteiger partial charge in [0.05, 0.1) is 4.92 Å². The van der Waals surface area contributed by atoms with Crippen molar-refractivity contribution in [1.29, 1.82) is 0 Å². The van der Waals surface area contributed by atoms with Crippen molar-refractivity contribution in [1.82, 2.24) is 9.97 Å². The van der Waals surface area contributed by atoms with Crippen LogP contribution in [0, 0.1) is 17.0 Å². The molecule has 0 aliphatic heterocycles. The lowest BCUT2D eigenvalue weighted by Crippen LogP contribution is -2.30. The summed E-state index contributed by atoms with van der Waals surface area (Å²) in [5, 5.41) is 14.0. The van der Waals surface area contributed by atoms with Gasteiger partial charge >= 0.3 is 5.69 Å². The van der Waals surface area contributed by atoms with E-state index in [1.807, 2.05) is 25.8 Å². The minimum absolute atomic E-state index is 0.0307. The van der Waals surface area contributed by atoms with Crippen LogP contribution >= 0.6 is 0 Å². The van der Waals surface area contributed by atoms with Gasteiger partial charge in [0.1, 0.15) is 5.69 Å². The molecule has 1 N–H and O–H groups in total. The average molecular weight is 253 g/mol. The van der Waals surface area contributed by atoms with Gasteiger partial charge in [-0.3, -0.25) is 10.1 Å². The topological polar surface area (TPSA) is 84.2 Å². The second kappa shape index (κ2) is 5.61. The SMILES string of the molecule is CCC(C)N(C)c1nc(NC)nc(C)c1[N+](=O)[O-]. The maximum Gasteiger partial charge on any atom is 0.332 e. The van der Waals surface area contributed by atoms with E-state index in [0.717, 1.165) is 6.42 Å². The molecule has 7 nitrogen and oxygen atoms in total. The fourth-order valence-corrected chi connectivity index (χ4v) is 1.61. The van der Waals surface area contributed by atoms with Gasteiger partial charge in [0, 0.05) is 20.1 Å². The van der Waals surface area contributed by atoms with Crippen LogP contribution in [-0.2, 0) is 0 Å². The molecule has 0 fully saturated rings. The van der Waals surface area contributed by atoms with Crippen LogP contribution in [0.3, 0.4) is 0 Å². The number of hydrogen-bond acceptors (Lipinski definition) is 6. The highest BCUT2D eigenvalue weighted by Gasteiger charge is 2.26. The number of aryl methyl sites for hydroxylation is 1. The van der Waals surface area contributed by atoms with Crippen molar-refractivity contribution >= 4 is 17.5 Å². The Morgan fingerprint density at radius 3 is 2.56 bits per heavy atom. The van der Waals surface area contributed by atoms with E-state index in [2.05, 4.69) is 15.3 Å². The molecule has 1 unspecified atom stereocenters. The van der Waals surface area contributed by atoms with Gasteiger partial charge in [-0.15, -0.1) is 0 Å². The first kappa shape index (κ1) is 14.1. The van der Waals surface area contributed by atoms with Crippen LogP contribution < -0.4 is 10.2 Å². The molecule has 0 bridgehead atoms. The Labute approximate surface area is 106 Å². The predicted molar refractivity (Wildman–Crippen MR) is 71.1 cm³/mol. The van der Waals surface area contributed by atoms with Gasteiger partial charge in [0.15, 0.2) is 0 Å². The third-order valence-corrected chi connectivity index (χ3v) is 3.03. The van der Waals surface area contributed by atoms with Crippen molar-refractivity contribution < 1.29 is 4.92 Å². The van der Waals surface area contributed by atoms with Crippen molar-refractivity contribution in [2.75, 3.05) is 24.3 Å². The summed E-state index contributed by atoms with van der Waals surface area (Å²) in [6, 6.07) is 0.169. The van der Waals surface area contributed by atoms with E-state index in [4.69, 9.17) is 0 Å². The molecule has 1 atom stereocenters. The highest BCUT2D eigenvalue weighted by molar-refractivity contribution is 5.62. The Morgan fingerprint density at radius 1 is 1.50 bits per heavy atom. The number of rotatable bonds is 5. The Morgan fingerprint density at radius 2 is 2.11 bits per heavy atom. The first-order valence-electron chi connectivity index (χ1n) is 5.85. The quantitative estimate of drug-likeness (QED) is 0.638.